The van der Waals surface area contributed by atoms with Crippen molar-refractivity contribution < 1.29 is 0 Å². The monoisotopic (exact) mass is 1040 g/mol. The molecule has 0 fully saturated rings. The molecule has 2 aliphatic carbocycles. The van der Waals surface area contributed by atoms with E-state index >= 15 is 0 Å². The van der Waals surface area contributed by atoms with Gasteiger partial charge in [0.15, 0.2) is 0 Å². The third kappa shape index (κ3) is 6.40. The van der Waals surface area contributed by atoms with Crippen molar-refractivity contribution in [2.75, 3.05) is 4.90 Å². The van der Waals surface area contributed by atoms with Gasteiger partial charge in [-0.05, 0) is 131 Å². The van der Waals surface area contributed by atoms with Crippen LogP contribution in [0.2, 0.25) is 0 Å². The van der Waals surface area contributed by atoms with E-state index in [1.54, 1.807) is 0 Å². The number of fused-ring (bicyclic) bond motifs is 15. The minimum absolute atomic E-state index is 0.570. The Morgan fingerprint density at radius 3 is 1.46 bits per heavy atom. The van der Waals surface area contributed by atoms with Gasteiger partial charge in [0.2, 0.25) is 0 Å². The lowest BCUT2D eigenvalue weighted by Gasteiger charge is -2.39. The van der Waals surface area contributed by atoms with Crippen LogP contribution >= 0.6 is 0 Å². The van der Waals surface area contributed by atoms with E-state index < -0.39 is 10.8 Å². The molecule has 0 N–H and O–H groups in total. The summed E-state index contributed by atoms with van der Waals surface area (Å²) < 4.78 is 2.53. The third-order valence-corrected chi connectivity index (χ3v) is 18.3. The molecule has 3 aliphatic rings. The molecule has 2 heterocycles. The molecule has 17 rings (SSSR count). The first-order chi connectivity index (χ1) is 40.7. The largest absolute Gasteiger partial charge is 0.309 e. The normalized spacial score (nSPS) is 14.7. The fourth-order valence-electron chi connectivity index (χ4n) is 15.0. The first-order valence-corrected chi connectivity index (χ1v) is 28.6. The predicted octanol–water partition coefficient (Wildman–Crippen LogP) is 20.3. The molecule has 0 amide bonds. The van der Waals surface area contributed by atoms with E-state index in [0.717, 1.165) is 33.8 Å². The molecule has 0 saturated heterocycles. The summed E-state index contributed by atoms with van der Waals surface area (Å²) in [6, 6.07) is 118. The number of benzene rings is 13. The molecule has 1 aliphatic heterocycles. The summed E-state index contributed by atoms with van der Waals surface area (Å²) in [5.41, 5.74) is 28.2. The summed E-state index contributed by atoms with van der Waals surface area (Å²) in [6.45, 7) is 0. The van der Waals surface area contributed by atoms with Gasteiger partial charge in [0.1, 0.15) is 0 Å². The van der Waals surface area contributed by atoms with Gasteiger partial charge in [-0.3, -0.25) is 0 Å². The first kappa shape index (κ1) is 46.4. The van der Waals surface area contributed by atoms with Gasteiger partial charge in [-0.25, -0.2) is 0 Å². The Kier molecular flexibility index (Phi) is 10.2. The lowest BCUT2D eigenvalue weighted by atomic mass is 9.65. The maximum Gasteiger partial charge on any atom is 0.0754 e. The molecule has 1 aromatic heterocycles. The van der Waals surface area contributed by atoms with E-state index in [2.05, 4.69) is 325 Å². The molecule has 82 heavy (non-hydrogen) atoms. The quantitative estimate of drug-likeness (QED) is 0.147. The number of anilines is 3. The number of rotatable bonds is 8. The molecule has 0 bridgehead atoms. The smallest absolute Gasteiger partial charge is 0.0754 e. The number of aromatic nitrogens is 1. The fourth-order valence-corrected chi connectivity index (χ4v) is 15.0. The highest BCUT2D eigenvalue weighted by Gasteiger charge is 2.51. The Bertz CT molecular complexity index is 4800. The average molecular weight is 1040 g/mol. The van der Waals surface area contributed by atoms with Gasteiger partial charge < -0.3 is 9.47 Å². The van der Waals surface area contributed by atoms with Crippen LogP contribution in [0.25, 0.3) is 83.1 Å². The lowest BCUT2D eigenvalue weighted by Crippen LogP contribution is -2.33. The van der Waals surface area contributed by atoms with Crippen molar-refractivity contribution in [1.82, 2.24) is 4.57 Å². The van der Waals surface area contributed by atoms with Gasteiger partial charge in [0, 0.05) is 27.6 Å². The molecule has 1 unspecified atom stereocenters. The van der Waals surface area contributed by atoms with Gasteiger partial charge in [0.25, 0.3) is 0 Å². The van der Waals surface area contributed by atoms with Crippen LogP contribution in [0.1, 0.15) is 44.5 Å². The minimum atomic E-state index is -0.589. The predicted molar refractivity (Wildman–Crippen MR) is 340 cm³/mol. The van der Waals surface area contributed by atoms with Gasteiger partial charge in [0.05, 0.1) is 38.9 Å². The maximum absolute atomic E-state index is 2.55. The van der Waals surface area contributed by atoms with Crippen LogP contribution in [-0.2, 0) is 10.8 Å². The van der Waals surface area contributed by atoms with Crippen LogP contribution < -0.4 is 4.90 Å². The molecule has 0 saturated carbocycles. The number of hydrogen-bond donors (Lipinski definition) is 0. The van der Waals surface area contributed by atoms with Crippen LogP contribution in [0.4, 0.5) is 17.1 Å². The van der Waals surface area contributed by atoms with Crippen molar-refractivity contribution in [2.24, 2.45) is 0 Å². The Labute approximate surface area is 477 Å². The van der Waals surface area contributed by atoms with E-state index in [1.165, 1.54) is 111 Å². The number of hydrogen-bond acceptors (Lipinski definition) is 1. The second kappa shape index (κ2) is 18.0. The van der Waals surface area contributed by atoms with Crippen molar-refractivity contribution in [3.05, 3.63) is 360 Å². The van der Waals surface area contributed by atoms with Crippen LogP contribution in [0.3, 0.4) is 0 Å². The molecular formula is C80H52N2. The lowest BCUT2D eigenvalue weighted by molar-refractivity contribution is 0.749. The zero-order valence-electron chi connectivity index (χ0n) is 44.9. The molecule has 0 radical (unpaired) electrons. The van der Waals surface area contributed by atoms with Crippen molar-refractivity contribution in [3.63, 3.8) is 0 Å². The summed E-state index contributed by atoms with van der Waals surface area (Å²) in [6.07, 6.45) is 0. The van der Waals surface area contributed by atoms with E-state index in [1.807, 2.05) is 0 Å². The third-order valence-electron chi connectivity index (χ3n) is 18.3. The van der Waals surface area contributed by atoms with E-state index in [4.69, 9.17) is 0 Å². The SMILES string of the molecule is c1ccc(-c2ccc(-c3ccc(N(c4ccccc4-c4ccc5c(c4)C4(c6ccccc6-5)c5ccccc5-n5c6ccccc6c6cccc4c65)c4cccc5c4-c4ccccc4C5(c4ccccc4)c4ccccc4)cc3)cc2)cc1. The van der Waals surface area contributed by atoms with Crippen molar-refractivity contribution >= 4 is 38.9 Å². The molecule has 14 aromatic rings. The van der Waals surface area contributed by atoms with Crippen LogP contribution in [0, 0.1) is 0 Å². The molecule has 382 valence electrons. The maximum atomic E-state index is 2.55. The van der Waals surface area contributed by atoms with Gasteiger partial charge in [-0.1, -0.05) is 273 Å². The second-order valence-electron chi connectivity index (χ2n) is 22.2. The van der Waals surface area contributed by atoms with Crippen molar-refractivity contribution in [1.29, 1.82) is 0 Å². The van der Waals surface area contributed by atoms with Crippen LogP contribution in [0.15, 0.2) is 315 Å². The molecule has 2 heteroatoms. The fraction of sp³-hybridized carbons (Fsp3) is 0.0250. The number of nitrogens with zero attached hydrogens (tertiary/aromatic N) is 2. The summed E-state index contributed by atoms with van der Waals surface area (Å²) in [4.78, 5) is 2.55. The molecule has 13 aromatic carbocycles. The molecule has 1 atom stereocenters. The summed E-state index contributed by atoms with van der Waals surface area (Å²) >= 11 is 0. The summed E-state index contributed by atoms with van der Waals surface area (Å²) in [7, 11) is 0. The van der Waals surface area contributed by atoms with Gasteiger partial charge >= 0.3 is 0 Å². The van der Waals surface area contributed by atoms with Crippen molar-refractivity contribution in [3.8, 4) is 61.3 Å². The van der Waals surface area contributed by atoms with Crippen LogP contribution in [0.5, 0.6) is 0 Å². The Morgan fingerprint density at radius 2 is 0.744 bits per heavy atom. The standard InChI is InChI=1S/C80H52N2/c1-4-22-53(23-5-1)54-42-44-55(45-43-54)56-46-49-60(50-47-56)81(76-41-21-36-70-77(76)66-31-11-15-34-68(66)79(70,58-24-6-2-7-25-58)59-26-8-3-9-27-59)73-38-17-12-28-61(73)57-48-51-63-62-29-10-14-33-67(62)80(72(63)52-57)69-35-16-19-40-75(69)82-74-39-18-13-30-64(74)65-32-20-37-71(80)78(65)82/h1-52H. The Hall–Kier alpha value is -10.5. The Morgan fingerprint density at radius 1 is 0.268 bits per heavy atom. The highest BCUT2D eigenvalue weighted by Crippen LogP contribution is 2.63. The van der Waals surface area contributed by atoms with Gasteiger partial charge in [-0.15, -0.1) is 0 Å². The zero-order valence-corrected chi connectivity index (χ0v) is 44.9. The second-order valence-corrected chi connectivity index (χ2v) is 22.2. The first-order valence-electron chi connectivity index (χ1n) is 28.6. The van der Waals surface area contributed by atoms with Crippen molar-refractivity contribution in [2.45, 2.75) is 10.8 Å². The molecule has 1 spiro atoms. The highest BCUT2D eigenvalue weighted by atomic mass is 15.1. The van der Waals surface area contributed by atoms with Gasteiger partial charge in [-0.2, -0.15) is 0 Å². The molecular weight excluding hydrogens is 989 g/mol. The average Bonchev–Trinajstić information content (AvgIpc) is 1.72. The topological polar surface area (TPSA) is 8.17 Å². The van der Waals surface area contributed by atoms with E-state index in [-0.39, 0.29) is 0 Å². The Balaban J connectivity index is 0.904. The minimum Gasteiger partial charge on any atom is -0.309 e. The van der Waals surface area contributed by atoms with E-state index in [9.17, 15) is 0 Å². The summed E-state index contributed by atoms with van der Waals surface area (Å²) in [5.74, 6) is 0. The number of para-hydroxylation sites is 4. The highest BCUT2D eigenvalue weighted by molar-refractivity contribution is 6.13. The summed E-state index contributed by atoms with van der Waals surface area (Å²) in [5, 5.41) is 2.55. The van der Waals surface area contributed by atoms with E-state index in [0.29, 0.717) is 0 Å². The zero-order chi connectivity index (χ0) is 53.9. The van der Waals surface area contributed by atoms with Crippen LogP contribution in [-0.4, -0.2) is 4.57 Å². The molecule has 2 nitrogen and oxygen atoms in total.